The number of alkyl halides is 3. The van der Waals surface area contributed by atoms with E-state index in [9.17, 15) is 4.79 Å². The summed E-state index contributed by atoms with van der Waals surface area (Å²) >= 11 is 18.4. The molecule has 0 aromatic carbocycles. The Morgan fingerprint density at radius 1 is 1.33 bits per heavy atom. The average molecular weight is 312 g/mol. The quantitative estimate of drug-likeness (QED) is 0.350. The highest BCUT2D eigenvalue weighted by Crippen LogP contribution is 2.44. The first kappa shape index (κ1) is 15.8. The van der Waals surface area contributed by atoms with Gasteiger partial charge >= 0.3 is 0 Å². The fourth-order valence-electron chi connectivity index (χ4n) is 1.32. The lowest BCUT2D eigenvalue weighted by atomic mass is 9.95. The van der Waals surface area contributed by atoms with Crippen LogP contribution in [0.4, 0.5) is 0 Å². The minimum Gasteiger partial charge on any atom is -0.271 e. The normalized spacial score (nSPS) is 26.8. The molecule has 0 aromatic heterocycles. The van der Waals surface area contributed by atoms with E-state index in [2.05, 4.69) is 0 Å². The topological polar surface area (TPSA) is 46.3 Å². The predicted octanol–water partition coefficient (Wildman–Crippen LogP) is 3.15. The van der Waals surface area contributed by atoms with Crippen LogP contribution in [0.2, 0.25) is 0 Å². The Balaban J connectivity index is 3.05. The van der Waals surface area contributed by atoms with Gasteiger partial charge in [-0.2, -0.15) is 0 Å². The highest BCUT2D eigenvalue weighted by molar-refractivity contribution is 6.55. The predicted molar refractivity (Wildman–Crippen MR) is 76.7 cm³/mol. The van der Waals surface area contributed by atoms with E-state index in [1.807, 2.05) is 20.8 Å². The first-order chi connectivity index (χ1) is 7.88. The fraction of sp³-hybridized carbons (Fsp3) is 0.583. The Morgan fingerprint density at radius 3 is 2.22 bits per heavy atom. The first-order valence-corrected chi connectivity index (χ1v) is 6.60. The van der Waals surface area contributed by atoms with Crippen molar-refractivity contribution >= 4 is 40.7 Å². The van der Waals surface area contributed by atoms with Crippen molar-refractivity contribution < 1.29 is 4.79 Å². The second-order valence-corrected chi connectivity index (χ2v) is 7.65. The van der Waals surface area contributed by atoms with Gasteiger partial charge < -0.3 is 0 Å². The Labute approximate surface area is 123 Å². The number of carbonyl (C=O) groups excluding carboxylic acids is 1. The molecule has 0 radical (unpaired) electrons. The smallest absolute Gasteiger partial charge is 0.268 e. The molecule has 1 aliphatic carbocycles. The summed E-state index contributed by atoms with van der Waals surface area (Å²) in [6.45, 7) is 7.17. The second-order valence-electron chi connectivity index (χ2n) is 5.48. The van der Waals surface area contributed by atoms with Crippen molar-refractivity contribution in [3.63, 3.8) is 0 Å². The standard InChI is InChI=1S/C12H17Cl3N2O/c1-10(2,3)17(16)9(18)8-5-6-11(4,13)12(14,15)7-8/h5-7H,16H2,1-4H3. The average Bonchev–Trinajstić information content (AvgIpc) is 2.18. The van der Waals surface area contributed by atoms with Gasteiger partial charge in [-0.05, 0) is 33.8 Å². The van der Waals surface area contributed by atoms with Crippen molar-refractivity contribution in [2.75, 3.05) is 0 Å². The monoisotopic (exact) mass is 310 g/mol. The summed E-state index contributed by atoms with van der Waals surface area (Å²) < 4.78 is -1.35. The number of allylic oxidation sites excluding steroid dienone is 2. The molecule has 0 saturated carbocycles. The van der Waals surface area contributed by atoms with Gasteiger partial charge in [0.05, 0.1) is 10.4 Å². The van der Waals surface area contributed by atoms with E-state index in [0.29, 0.717) is 5.57 Å². The lowest BCUT2D eigenvalue weighted by molar-refractivity contribution is -0.131. The van der Waals surface area contributed by atoms with E-state index in [-0.39, 0.29) is 5.91 Å². The van der Waals surface area contributed by atoms with E-state index in [0.717, 1.165) is 5.01 Å². The Hall–Kier alpha value is -0.220. The summed E-state index contributed by atoms with van der Waals surface area (Å²) in [5, 5.41) is 1.14. The highest BCUT2D eigenvalue weighted by Gasteiger charge is 2.44. The van der Waals surface area contributed by atoms with Crippen molar-refractivity contribution in [3.05, 3.63) is 23.8 Å². The number of halogens is 3. The molecule has 1 atom stereocenters. The van der Waals surface area contributed by atoms with Crippen molar-refractivity contribution in [3.8, 4) is 0 Å². The summed E-state index contributed by atoms with van der Waals surface area (Å²) in [6, 6.07) is 0. The van der Waals surface area contributed by atoms with Crippen molar-refractivity contribution in [2.45, 2.75) is 42.4 Å². The van der Waals surface area contributed by atoms with E-state index in [1.165, 1.54) is 6.08 Å². The van der Waals surface area contributed by atoms with Crippen LogP contribution in [0.3, 0.4) is 0 Å². The summed E-state index contributed by atoms with van der Waals surface area (Å²) in [6.07, 6.45) is 4.61. The molecule has 0 heterocycles. The number of hydrogen-bond acceptors (Lipinski definition) is 2. The van der Waals surface area contributed by atoms with Crippen LogP contribution in [-0.4, -0.2) is 25.7 Å². The number of amides is 1. The van der Waals surface area contributed by atoms with Crippen LogP contribution in [0, 0.1) is 0 Å². The van der Waals surface area contributed by atoms with Gasteiger partial charge in [0.25, 0.3) is 5.91 Å². The number of rotatable bonds is 1. The number of hydrogen-bond donors (Lipinski definition) is 1. The van der Waals surface area contributed by atoms with E-state index >= 15 is 0 Å². The van der Waals surface area contributed by atoms with Crippen LogP contribution in [0.15, 0.2) is 23.8 Å². The zero-order chi connectivity index (χ0) is 14.4. The molecule has 2 N–H and O–H groups in total. The number of carbonyl (C=O) groups is 1. The molecule has 0 aliphatic heterocycles. The maximum Gasteiger partial charge on any atom is 0.268 e. The third-order valence-electron chi connectivity index (χ3n) is 2.75. The van der Waals surface area contributed by atoms with Crippen LogP contribution >= 0.6 is 34.8 Å². The van der Waals surface area contributed by atoms with Crippen LogP contribution in [0.1, 0.15) is 27.7 Å². The fourth-order valence-corrected chi connectivity index (χ4v) is 1.80. The maximum absolute atomic E-state index is 12.2. The Bertz CT molecular complexity index is 420. The van der Waals surface area contributed by atoms with Crippen LogP contribution in [-0.2, 0) is 4.79 Å². The molecule has 1 amide bonds. The van der Waals surface area contributed by atoms with Gasteiger partial charge in [-0.1, -0.05) is 35.4 Å². The zero-order valence-corrected chi connectivity index (χ0v) is 13.1. The van der Waals surface area contributed by atoms with E-state index in [4.69, 9.17) is 40.6 Å². The third kappa shape index (κ3) is 3.02. The van der Waals surface area contributed by atoms with Gasteiger partial charge in [-0.3, -0.25) is 9.80 Å². The third-order valence-corrected chi connectivity index (χ3v) is 4.37. The van der Waals surface area contributed by atoms with E-state index < -0.39 is 14.7 Å². The number of nitrogens with zero attached hydrogens (tertiary/aromatic N) is 1. The Morgan fingerprint density at radius 2 is 1.83 bits per heavy atom. The molecule has 1 unspecified atom stereocenters. The molecule has 6 heteroatoms. The molecule has 3 nitrogen and oxygen atoms in total. The van der Waals surface area contributed by atoms with Crippen molar-refractivity contribution in [2.24, 2.45) is 5.84 Å². The van der Waals surface area contributed by atoms with Crippen LogP contribution in [0.5, 0.6) is 0 Å². The van der Waals surface area contributed by atoms with Crippen LogP contribution < -0.4 is 5.84 Å². The molecule has 0 fully saturated rings. The summed E-state index contributed by atoms with van der Waals surface area (Å²) in [5.41, 5.74) is -0.162. The second kappa shape index (κ2) is 4.71. The molecule has 0 bridgehead atoms. The molecule has 0 aromatic rings. The highest BCUT2D eigenvalue weighted by atomic mass is 35.5. The molecule has 1 rings (SSSR count). The molecular weight excluding hydrogens is 295 g/mol. The molecular formula is C12H17Cl3N2O. The van der Waals surface area contributed by atoms with Gasteiger partial charge in [0.15, 0.2) is 4.33 Å². The molecule has 0 spiro atoms. The van der Waals surface area contributed by atoms with Crippen LogP contribution in [0.25, 0.3) is 0 Å². The lowest BCUT2D eigenvalue weighted by Gasteiger charge is -2.36. The molecule has 18 heavy (non-hydrogen) atoms. The van der Waals surface area contributed by atoms with Gasteiger partial charge in [-0.25, -0.2) is 5.84 Å². The lowest BCUT2D eigenvalue weighted by Crippen LogP contribution is -2.51. The van der Waals surface area contributed by atoms with Crippen molar-refractivity contribution in [1.29, 1.82) is 0 Å². The number of hydrazine groups is 1. The van der Waals surface area contributed by atoms with Crippen molar-refractivity contribution in [1.82, 2.24) is 5.01 Å². The maximum atomic E-state index is 12.2. The molecule has 0 saturated heterocycles. The van der Waals surface area contributed by atoms with Gasteiger partial charge in [0.2, 0.25) is 0 Å². The minimum absolute atomic E-state index is 0.329. The molecule has 102 valence electrons. The number of nitrogens with two attached hydrogens (primary N) is 1. The van der Waals surface area contributed by atoms with Gasteiger partial charge in [-0.15, -0.1) is 11.6 Å². The SMILES string of the molecule is CC(C)(C)N(N)C(=O)C1=CC(Cl)(Cl)C(C)(Cl)C=C1. The largest absolute Gasteiger partial charge is 0.271 e. The summed E-state index contributed by atoms with van der Waals surface area (Å²) in [5.74, 6) is 5.42. The minimum atomic E-state index is -1.35. The summed E-state index contributed by atoms with van der Waals surface area (Å²) in [4.78, 5) is 11.2. The zero-order valence-electron chi connectivity index (χ0n) is 10.8. The van der Waals surface area contributed by atoms with E-state index in [1.54, 1.807) is 19.1 Å². The molecule has 1 aliphatic rings. The van der Waals surface area contributed by atoms with Gasteiger partial charge in [0.1, 0.15) is 0 Å². The Kier molecular flexibility index (Phi) is 4.15. The first-order valence-electron chi connectivity index (χ1n) is 5.46. The van der Waals surface area contributed by atoms with Gasteiger partial charge in [0, 0.05) is 5.57 Å². The summed E-state index contributed by atoms with van der Waals surface area (Å²) in [7, 11) is 0.